The van der Waals surface area contributed by atoms with Crippen LogP contribution in [0.15, 0.2) is 45.6 Å². The molecule has 1 aromatic carbocycles. The molecule has 15 heteroatoms. The summed E-state index contributed by atoms with van der Waals surface area (Å²) < 4.78 is 50.9. The summed E-state index contributed by atoms with van der Waals surface area (Å²) >= 11 is 7.16. The number of thioether (sulfide) groups is 1. The maximum Gasteiger partial charge on any atom is 0.303 e. The van der Waals surface area contributed by atoms with E-state index in [4.69, 9.17) is 36.4 Å². The highest BCUT2D eigenvalue weighted by Crippen LogP contribution is 2.38. The highest BCUT2D eigenvalue weighted by Gasteiger charge is 2.50. The largest absolute Gasteiger partial charge is 0.463 e. The molecule has 220 valence electrons. The lowest BCUT2D eigenvalue weighted by molar-refractivity contribution is -0.200. The van der Waals surface area contributed by atoms with E-state index in [1.807, 2.05) is 0 Å². The highest BCUT2D eigenvalue weighted by molar-refractivity contribution is 7.99. The molecule has 2 aromatic rings. The van der Waals surface area contributed by atoms with Crippen LogP contribution in [-0.2, 0) is 33.3 Å². The van der Waals surface area contributed by atoms with Gasteiger partial charge in [0.15, 0.2) is 12.2 Å². The van der Waals surface area contributed by atoms with Gasteiger partial charge in [0.1, 0.15) is 41.5 Å². The SMILES string of the molecule is CC(=O)OCC1O[C@H](Sc2cncc(Cl)c2)C(OC(C)=O)C(N=CC(=NN)c2cc(F)c(C)c(F)c2)[C@H]1OC(C)=O. The van der Waals surface area contributed by atoms with Crippen molar-refractivity contribution >= 4 is 53.2 Å². The lowest BCUT2D eigenvalue weighted by atomic mass is 9.97. The molecule has 41 heavy (non-hydrogen) atoms. The molecule has 0 bridgehead atoms. The van der Waals surface area contributed by atoms with Gasteiger partial charge in [-0.25, -0.2) is 8.78 Å². The number of aromatic nitrogens is 1. The van der Waals surface area contributed by atoms with Crippen LogP contribution in [0.1, 0.15) is 31.9 Å². The molecule has 5 atom stereocenters. The van der Waals surface area contributed by atoms with E-state index in [0.717, 1.165) is 37.0 Å². The lowest BCUT2D eigenvalue weighted by Crippen LogP contribution is -2.59. The molecule has 0 spiro atoms. The molecule has 0 saturated carbocycles. The molecule has 1 fully saturated rings. The smallest absolute Gasteiger partial charge is 0.303 e. The third-order valence-corrected chi connectivity index (χ3v) is 7.00. The Labute approximate surface area is 243 Å². The minimum Gasteiger partial charge on any atom is -0.463 e. The number of benzene rings is 1. The number of pyridine rings is 1. The van der Waals surface area contributed by atoms with E-state index in [-0.39, 0.29) is 23.4 Å². The summed E-state index contributed by atoms with van der Waals surface area (Å²) in [5.41, 5.74) is -1.34. The molecule has 1 aromatic heterocycles. The first-order chi connectivity index (χ1) is 19.4. The Balaban J connectivity index is 2.10. The van der Waals surface area contributed by atoms with Gasteiger partial charge in [0.05, 0.1) is 11.2 Å². The van der Waals surface area contributed by atoms with Gasteiger partial charge in [-0.1, -0.05) is 23.4 Å². The van der Waals surface area contributed by atoms with Gasteiger partial charge in [-0.05, 0) is 25.1 Å². The lowest BCUT2D eigenvalue weighted by Gasteiger charge is -2.43. The first kappa shape index (κ1) is 31.9. The number of hydrazone groups is 1. The first-order valence-corrected chi connectivity index (χ1v) is 13.3. The molecule has 3 rings (SSSR count). The zero-order valence-corrected chi connectivity index (χ0v) is 23.9. The number of esters is 3. The van der Waals surface area contributed by atoms with Crippen molar-refractivity contribution in [1.82, 2.24) is 4.98 Å². The molecular weight excluding hydrogens is 586 g/mol. The molecule has 2 heterocycles. The standard InChI is InChI=1S/C26H27ClF2N4O7S/c1-12-19(28)5-16(6-20(12)29)21(33-30)10-32-23-24(38-14(3)35)22(11-37-13(2)34)40-26(25(23)39-15(4)36)41-18-7-17(27)8-31-9-18/h5-10,22-26H,11,30H2,1-4H3/t22?,23?,24-,25?,26+/m0/s1. The zero-order valence-electron chi connectivity index (χ0n) is 22.4. The quantitative estimate of drug-likeness (QED) is 0.147. The van der Waals surface area contributed by atoms with E-state index in [9.17, 15) is 23.2 Å². The normalized spacial score (nSPS) is 22.8. The Morgan fingerprint density at radius 1 is 1.07 bits per heavy atom. The molecule has 1 saturated heterocycles. The monoisotopic (exact) mass is 612 g/mol. The van der Waals surface area contributed by atoms with Gasteiger partial charge in [0, 0.05) is 49.2 Å². The Bertz CT molecular complexity index is 1340. The maximum absolute atomic E-state index is 14.3. The number of carbonyl (C=O) groups excluding carboxylic acids is 3. The van der Waals surface area contributed by atoms with E-state index in [1.165, 1.54) is 33.2 Å². The van der Waals surface area contributed by atoms with Gasteiger partial charge >= 0.3 is 17.9 Å². The van der Waals surface area contributed by atoms with Crippen molar-refractivity contribution in [2.24, 2.45) is 15.9 Å². The van der Waals surface area contributed by atoms with E-state index < -0.39 is 59.3 Å². The fraction of sp³-hybridized carbons (Fsp3) is 0.385. The van der Waals surface area contributed by atoms with Gasteiger partial charge in [-0.2, -0.15) is 5.10 Å². The number of carbonyl (C=O) groups is 3. The predicted molar refractivity (Wildman–Crippen MR) is 146 cm³/mol. The van der Waals surface area contributed by atoms with Crippen molar-refractivity contribution in [3.05, 3.63) is 58.4 Å². The van der Waals surface area contributed by atoms with E-state index in [1.54, 1.807) is 6.07 Å². The fourth-order valence-corrected chi connectivity index (χ4v) is 5.24. The summed E-state index contributed by atoms with van der Waals surface area (Å²) in [4.78, 5) is 44.9. The van der Waals surface area contributed by atoms with Crippen LogP contribution in [0.5, 0.6) is 0 Å². The minimum absolute atomic E-state index is 0.0237. The van der Waals surface area contributed by atoms with E-state index >= 15 is 0 Å². The number of nitrogens with two attached hydrogens (primary N) is 1. The van der Waals surface area contributed by atoms with Crippen molar-refractivity contribution in [2.75, 3.05) is 6.61 Å². The molecule has 1 aliphatic rings. The third-order valence-electron chi connectivity index (χ3n) is 5.69. The van der Waals surface area contributed by atoms with Crippen LogP contribution in [0.2, 0.25) is 5.02 Å². The van der Waals surface area contributed by atoms with Gasteiger partial charge in [-0.15, -0.1) is 0 Å². The van der Waals surface area contributed by atoms with Crippen LogP contribution < -0.4 is 5.84 Å². The highest BCUT2D eigenvalue weighted by atomic mass is 35.5. The van der Waals surface area contributed by atoms with Gasteiger partial charge in [-0.3, -0.25) is 24.4 Å². The summed E-state index contributed by atoms with van der Waals surface area (Å²) in [6, 6.07) is 2.48. The van der Waals surface area contributed by atoms with Crippen molar-refractivity contribution in [3.8, 4) is 0 Å². The number of nitrogens with zero attached hydrogens (tertiary/aromatic N) is 3. The van der Waals surface area contributed by atoms with Crippen LogP contribution in [0.4, 0.5) is 8.78 Å². The molecule has 1 aliphatic heterocycles. The number of hydrogen-bond acceptors (Lipinski definition) is 12. The van der Waals surface area contributed by atoms with Crippen LogP contribution in [0, 0.1) is 18.6 Å². The van der Waals surface area contributed by atoms with Crippen molar-refractivity contribution in [1.29, 1.82) is 0 Å². The molecule has 3 unspecified atom stereocenters. The average molecular weight is 613 g/mol. The van der Waals surface area contributed by atoms with E-state index in [2.05, 4.69) is 15.1 Å². The van der Waals surface area contributed by atoms with Crippen molar-refractivity contribution in [3.63, 3.8) is 0 Å². The van der Waals surface area contributed by atoms with E-state index in [0.29, 0.717) is 9.92 Å². The van der Waals surface area contributed by atoms with Gasteiger partial charge in [0.25, 0.3) is 0 Å². The maximum atomic E-state index is 14.3. The van der Waals surface area contributed by atoms with Crippen LogP contribution in [0.3, 0.4) is 0 Å². The number of aliphatic imine (C=N–C) groups is 1. The molecule has 0 aliphatic carbocycles. The van der Waals surface area contributed by atoms with Crippen LogP contribution in [0.25, 0.3) is 0 Å². The first-order valence-electron chi connectivity index (χ1n) is 12.1. The summed E-state index contributed by atoms with van der Waals surface area (Å²) in [5.74, 6) is 1.80. The molecule has 0 radical (unpaired) electrons. The molecule has 0 amide bonds. The minimum atomic E-state index is -1.24. The number of halogens is 3. The average Bonchev–Trinajstić information content (AvgIpc) is 2.88. The van der Waals surface area contributed by atoms with Gasteiger partial charge < -0.3 is 24.8 Å². The van der Waals surface area contributed by atoms with Crippen molar-refractivity contribution in [2.45, 2.75) is 62.4 Å². The summed E-state index contributed by atoms with van der Waals surface area (Å²) in [7, 11) is 0. The number of ether oxygens (including phenoxy) is 4. The predicted octanol–water partition coefficient (Wildman–Crippen LogP) is 3.37. The van der Waals surface area contributed by atoms with Crippen molar-refractivity contribution < 1.29 is 42.1 Å². The summed E-state index contributed by atoms with van der Waals surface area (Å²) in [6.07, 6.45) is 0.520. The summed E-state index contributed by atoms with van der Waals surface area (Å²) in [5, 5.41) is 3.92. The zero-order chi connectivity index (χ0) is 30.3. The summed E-state index contributed by atoms with van der Waals surface area (Å²) in [6.45, 7) is 4.43. The van der Waals surface area contributed by atoms with Crippen LogP contribution in [-0.4, -0.2) is 71.2 Å². The molecule has 2 N–H and O–H groups in total. The second-order valence-electron chi connectivity index (χ2n) is 8.80. The third kappa shape index (κ3) is 8.68. The molecular formula is C26H27ClF2N4O7S. The number of rotatable bonds is 9. The van der Waals surface area contributed by atoms with Crippen LogP contribution >= 0.6 is 23.4 Å². The Hall–Kier alpha value is -3.62. The second kappa shape index (κ2) is 14.3. The second-order valence-corrected chi connectivity index (χ2v) is 10.4. The Morgan fingerprint density at radius 3 is 2.27 bits per heavy atom. The van der Waals surface area contributed by atoms with Gasteiger partial charge in [0.2, 0.25) is 0 Å². The molecule has 11 nitrogen and oxygen atoms in total. The number of hydrogen-bond donors (Lipinski definition) is 1. The fourth-order valence-electron chi connectivity index (χ4n) is 3.87. The topological polar surface area (TPSA) is 152 Å². The Kier molecular flexibility index (Phi) is 11.1. The Morgan fingerprint density at radius 2 is 1.71 bits per heavy atom.